The minimum absolute atomic E-state index is 1.21. The highest BCUT2D eigenvalue weighted by Crippen LogP contribution is 1.97. The summed E-state index contributed by atoms with van der Waals surface area (Å²) in [6.45, 7) is 10.5. The molecule has 0 fully saturated rings. The van der Waals surface area contributed by atoms with Crippen molar-refractivity contribution in [1.29, 1.82) is 0 Å². The van der Waals surface area contributed by atoms with Gasteiger partial charge in [-0.25, -0.2) is 0 Å². The molecule has 63 valence electrons. The third-order valence-corrected chi connectivity index (χ3v) is 2.29. The fraction of sp³-hybridized carbons (Fsp3) is 0.875. The summed E-state index contributed by atoms with van der Waals surface area (Å²) in [6.07, 6.45) is 2.72. The highest BCUT2D eigenvalue weighted by molar-refractivity contribution is 6.19. The number of quaternary nitrogens is 1. The molecule has 0 N–H and O–H groups in total. The van der Waals surface area contributed by atoms with Crippen LogP contribution in [0.25, 0.3) is 0 Å². The molecule has 0 unspecified atom stereocenters. The summed E-state index contributed by atoms with van der Waals surface area (Å²) < 4.78 is 1.21. The van der Waals surface area contributed by atoms with Gasteiger partial charge in [0.15, 0.2) is 0 Å². The van der Waals surface area contributed by atoms with E-state index in [1.54, 1.807) is 0 Å². The van der Waals surface area contributed by atoms with Crippen molar-refractivity contribution in [3.8, 4) is 0 Å². The van der Waals surface area contributed by atoms with Gasteiger partial charge in [0.05, 0.1) is 26.7 Å². The van der Waals surface area contributed by atoms with Crippen LogP contribution in [-0.2, 0) is 0 Å². The second-order valence-corrected chi connectivity index (χ2v) is 2.57. The van der Waals surface area contributed by atoms with Gasteiger partial charge in [0.2, 0.25) is 0 Å². The molecule has 1 nitrogen and oxygen atoms in total. The maximum atomic E-state index is 4.39. The Kier molecular flexibility index (Phi) is 9.48. The standard InChI is InChI=1S/C7H18N.CH2Cl/c1-5-8(4,6-2)7-3;1-2/h5-7H2,1-4H3;1H2/q+1;. The molecule has 0 amide bonds. The Hall–Kier alpha value is 0.250. The van der Waals surface area contributed by atoms with Crippen LogP contribution in [-0.4, -0.2) is 31.2 Å². The minimum atomic E-state index is 1.21. The van der Waals surface area contributed by atoms with Crippen molar-refractivity contribution in [2.75, 3.05) is 26.7 Å². The summed E-state index contributed by atoms with van der Waals surface area (Å²) in [5, 5.41) is 0. The van der Waals surface area contributed by atoms with Gasteiger partial charge in [0, 0.05) is 6.38 Å². The van der Waals surface area contributed by atoms with Gasteiger partial charge in [-0.05, 0) is 20.8 Å². The van der Waals surface area contributed by atoms with E-state index in [1.165, 1.54) is 24.1 Å². The van der Waals surface area contributed by atoms with E-state index in [-0.39, 0.29) is 0 Å². The Bertz CT molecular complexity index is 52.0. The van der Waals surface area contributed by atoms with Crippen LogP contribution in [0.1, 0.15) is 20.8 Å². The predicted molar refractivity (Wildman–Crippen MR) is 49.0 cm³/mol. The van der Waals surface area contributed by atoms with E-state index in [2.05, 4.69) is 45.8 Å². The Labute approximate surface area is 70.6 Å². The number of hydrogen-bond acceptors (Lipinski definition) is 0. The second-order valence-electron chi connectivity index (χ2n) is 2.57. The van der Waals surface area contributed by atoms with Crippen LogP contribution in [0, 0.1) is 6.38 Å². The first-order chi connectivity index (χ1) is 4.68. The van der Waals surface area contributed by atoms with Gasteiger partial charge in [-0.2, -0.15) is 0 Å². The van der Waals surface area contributed by atoms with Crippen LogP contribution in [0.15, 0.2) is 0 Å². The topological polar surface area (TPSA) is 0 Å². The van der Waals surface area contributed by atoms with Gasteiger partial charge >= 0.3 is 0 Å². The van der Waals surface area contributed by atoms with Crippen molar-refractivity contribution in [2.24, 2.45) is 0 Å². The first kappa shape index (κ1) is 12.9. The van der Waals surface area contributed by atoms with E-state index in [4.69, 9.17) is 0 Å². The van der Waals surface area contributed by atoms with Gasteiger partial charge in [0.1, 0.15) is 0 Å². The van der Waals surface area contributed by atoms with E-state index in [9.17, 15) is 0 Å². The molecule has 0 aromatic rings. The monoisotopic (exact) mass is 165 g/mol. The lowest BCUT2D eigenvalue weighted by Crippen LogP contribution is -2.42. The molecule has 10 heavy (non-hydrogen) atoms. The molecule has 0 spiro atoms. The van der Waals surface area contributed by atoms with Crippen LogP contribution >= 0.6 is 11.6 Å². The third-order valence-electron chi connectivity index (χ3n) is 2.29. The minimum Gasteiger partial charge on any atom is -0.327 e. The molecule has 0 aromatic carbocycles. The summed E-state index contributed by atoms with van der Waals surface area (Å²) in [5.41, 5.74) is 0. The summed E-state index contributed by atoms with van der Waals surface area (Å²) >= 11 is 4.39. The van der Waals surface area contributed by atoms with E-state index in [0.717, 1.165) is 0 Å². The van der Waals surface area contributed by atoms with Crippen LogP contribution in [0.2, 0.25) is 0 Å². The van der Waals surface area contributed by atoms with Gasteiger partial charge < -0.3 is 4.48 Å². The number of rotatable bonds is 3. The summed E-state index contributed by atoms with van der Waals surface area (Å²) in [6, 6.07) is 0. The summed E-state index contributed by atoms with van der Waals surface area (Å²) in [7, 11) is 2.29. The Morgan fingerprint density at radius 3 is 1.20 bits per heavy atom. The first-order valence-electron chi connectivity index (χ1n) is 3.78. The van der Waals surface area contributed by atoms with Crippen LogP contribution in [0.3, 0.4) is 0 Å². The highest BCUT2D eigenvalue weighted by Gasteiger charge is 2.10. The lowest BCUT2D eigenvalue weighted by atomic mass is 10.4. The molecule has 0 heterocycles. The molecule has 0 aliphatic rings. The molecular formula is C8H20ClN+. The highest BCUT2D eigenvalue weighted by atomic mass is 35.5. The lowest BCUT2D eigenvalue weighted by molar-refractivity contribution is -0.904. The van der Waals surface area contributed by atoms with Crippen molar-refractivity contribution in [3.05, 3.63) is 6.38 Å². The molecule has 0 saturated heterocycles. The second kappa shape index (κ2) is 7.36. The molecule has 0 aliphatic heterocycles. The van der Waals surface area contributed by atoms with Gasteiger partial charge in [-0.15, -0.1) is 11.6 Å². The molecule has 0 bridgehead atoms. The number of hydrogen-bond donors (Lipinski definition) is 0. The third kappa shape index (κ3) is 5.07. The SMILES string of the molecule is CC[N+](C)(CC)CC.[CH2]Cl. The quantitative estimate of drug-likeness (QED) is 0.564. The maximum Gasteiger partial charge on any atom is 0.0755 e. The Morgan fingerprint density at radius 2 is 1.20 bits per heavy atom. The van der Waals surface area contributed by atoms with Crippen LogP contribution in [0.4, 0.5) is 0 Å². The average molecular weight is 166 g/mol. The van der Waals surface area contributed by atoms with Crippen molar-refractivity contribution in [1.82, 2.24) is 0 Å². The first-order valence-corrected chi connectivity index (χ1v) is 4.32. The zero-order chi connectivity index (χ0) is 8.62. The summed E-state index contributed by atoms with van der Waals surface area (Å²) in [5.74, 6) is 0. The van der Waals surface area contributed by atoms with E-state index in [0.29, 0.717) is 0 Å². The van der Waals surface area contributed by atoms with Gasteiger partial charge in [0.25, 0.3) is 0 Å². The Balaban J connectivity index is 0. The van der Waals surface area contributed by atoms with E-state index >= 15 is 0 Å². The largest absolute Gasteiger partial charge is 0.327 e. The van der Waals surface area contributed by atoms with Crippen molar-refractivity contribution in [2.45, 2.75) is 20.8 Å². The molecule has 0 saturated carbocycles. The smallest absolute Gasteiger partial charge is 0.0755 e. The molecule has 1 radical (unpaired) electrons. The van der Waals surface area contributed by atoms with Crippen molar-refractivity contribution in [3.63, 3.8) is 0 Å². The van der Waals surface area contributed by atoms with E-state index < -0.39 is 0 Å². The molecule has 0 atom stereocenters. The zero-order valence-electron chi connectivity index (χ0n) is 7.65. The van der Waals surface area contributed by atoms with Crippen molar-refractivity contribution >= 4 is 11.6 Å². The molecule has 0 rings (SSSR count). The fourth-order valence-electron chi connectivity index (χ4n) is 0.671. The molecule has 0 aromatic heterocycles. The number of nitrogens with zero attached hydrogens (tertiary/aromatic N) is 1. The summed E-state index contributed by atoms with van der Waals surface area (Å²) in [4.78, 5) is 0. The Morgan fingerprint density at radius 1 is 1.00 bits per heavy atom. The number of halogens is 1. The fourth-order valence-corrected chi connectivity index (χ4v) is 0.671. The molecule has 2 heteroatoms. The van der Waals surface area contributed by atoms with Gasteiger partial charge in [-0.1, -0.05) is 0 Å². The predicted octanol–water partition coefficient (Wildman–Crippen LogP) is 2.51. The van der Waals surface area contributed by atoms with Crippen LogP contribution < -0.4 is 0 Å². The molecule has 0 aliphatic carbocycles. The maximum absolute atomic E-state index is 4.39. The van der Waals surface area contributed by atoms with Crippen LogP contribution in [0.5, 0.6) is 0 Å². The normalized spacial score (nSPS) is 10.2. The van der Waals surface area contributed by atoms with Gasteiger partial charge in [-0.3, -0.25) is 0 Å². The van der Waals surface area contributed by atoms with Crippen molar-refractivity contribution < 1.29 is 4.48 Å². The lowest BCUT2D eigenvalue weighted by Gasteiger charge is -2.30. The zero-order valence-corrected chi connectivity index (χ0v) is 8.41. The average Bonchev–Trinajstić information content (AvgIpc) is 2.07. The molecular weight excluding hydrogens is 146 g/mol. The van der Waals surface area contributed by atoms with E-state index in [1.807, 2.05) is 0 Å².